The van der Waals surface area contributed by atoms with Crippen molar-refractivity contribution in [1.29, 1.82) is 0 Å². The van der Waals surface area contributed by atoms with E-state index in [0.29, 0.717) is 24.0 Å². The summed E-state index contributed by atoms with van der Waals surface area (Å²) < 4.78 is 0. The normalized spacial score (nSPS) is 35.0. The molecule has 0 aromatic carbocycles. The molecule has 0 bridgehead atoms. The maximum atomic E-state index is 9.18. The molecule has 0 aromatic heterocycles. The Bertz CT molecular complexity index is 145. The Morgan fingerprint density at radius 3 is 2.58 bits per heavy atom. The molecule has 2 N–H and O–H groups in total. The van der Waals surface area contributed by atoms with Crippen molar-refractivity contribution in [3.63, 3.8) is 0 Å². The number of hydrogen-bond donors (Lipinski definition) is 2. The largest absolute Gasteiger partial charge is 0.396 e. The fourth-order valence-corrected chi connectivity index (χ4v) is 2.60. The van der Waals surface area contributed by atoms with Crippen molar-refractivity contribution in [2.24, 2.45) is 11.3 Å². The van der Waals surface area contributed by atoms with Crippen LogP contribution in [0.15, 0.2) is 0 Å². The van der Waals surface area contributed by atoms with Crippen molar-refractivity contribution < 1.29 is 5.11 Å². The van der Waals surface area contributed by atoms with E-state index >= 15 is 0 Å². The van der Waals surface area contributed by atoms with Gasteiger partial charge in [-0.2, -0.15) is 0 Å². The Kier molecular flexibility index (Phi) is 3.13. The molecule has 2 heteroatoms. The Labute approximate surface area is 75.4 Å². The highest BCUT2D eigenvalue weighted by molar-refractivity contribution is 4.92. The second-order valence-electron chi connectivity index (χ2n) is 4.59. The predicted molar refractivity (Wildman–Crippen MR) is 51.1 cm³/mol. The van der Waals surface area contributed by atoms with E-state index in [0.717, 1.165) is 0 Å². The maximum absolute atomic E-state index is 9.18. The van der Waals surface area contributed by atoms with Gasteiger partial charge in [-0.1, -0.05) is 20.3 Å². The molecule has 1 fully saturated rings. The van der Waals surface area contributed by atoms with Crippen molar-refractivity contribution in [1.82, 2.24) is 5.32 Å². The summed E-state index contributed by atoms with van der Waals surface area (Å²) in [4.78, 5) is 0. The third-order valence-electron chi connectivity index (χ3n) is 3.25. The van der Waals surface area contributed by atoms with E-state index in [9.17, 15) is 5.11 Å². The van der Waals surface area contributed by atoms with Gasteiger partial charge in [0.25, 0.3) is 0 Å². The molecule has 2 atom stereocenters. The summed E-state index contributed by atoms with van der Waals surface area (Å²) in [5, 5.41) is 12.5. The topological polar surface area (TPSA) is 32.3 Å². The number of hydrogen-bond acceptors (Lipinski definition) is 2. The molecule has 0 amide bonds. The van der Waals surface area contributed by atoms with Crippen LogP contribution in [0.2, 0.25) is 0 Å². The second-order valence-corrected chi connectivity index (χ2v) is 4.59. The van der Waals surface area contributed by atoms with Crippen LogP contribution in [-0.2, 0) is 0 Å². The van der Waals surface area contributed by atoms with E-state index in [-0.39, 0.29) is 0 Å². The van der Waals surface area contributed by atoms with Gasteiger partial charge in [-0.05, 0) is 31.2 Å². The van der Waals surface area contributed by atoms with Gasteiger partial charge in [0, 0.05) is 12.6 Å². The first-order valence-corrected chi connectivity index (χ1v) is 4.90. The van der Waals surface area contributed by atoms with Gasteiger partial charge < -0.3 is 10.4 Å². The van der Waals surface area contributed by atoms with E-state index in [1.807, 2.05) is 7.05 Å². The molecular weight excluding hydrogens is 150 g/mol. The smallest absolute Gasteiger partial charge is 0.0474 e. The average molecular weight is 171 g/mol. The van der Waals surface area contributed by atoms with Crippen molar-refractivity contribution in [3.05, 3.63) is 0 Å². The van der Waals surface area contributed by atoms with Crippen LogP contribution in [0.5, 0.6) is 0 Å². The van der Waals surface area contributed by atoms with Crippen LogP contribution in [0.3, 0.4) is 0 Å². The van der Waals surface area contributed by atoms with Gasteiger partial charge >= 0.3 is 0 Å². The Hall–Kier alpha value is -0.0800. The summed E-state index contributed by atoms with van der Waals surface area (Å²) in [7, 11) is 2.00. The lowest BCUT2D eigenvalue weighted by Crippen LogP contribution is -2.49. The molecule has 0 aliphatic heterocycles. The fraction of sp³-hybridized carbons (Fsp3) is 1.00. The minimum Gasteiger partial charge on any atom is -0.396 e. The first-order valence-electron chi connectivity index (χ1n) is 4.90. The summed E-state index contributed by atoms with van der Waals surface area (Å²) in [5.41, 5.74) is 0.348. The summed E-state index contributed by atoms with van der Waals surface area (Å²) in [6.45, 7) is 4.90. The van der Waals surface area contributed by atoms with Crippen molar-refractivity contribution >= 4 is 0 Å². The monoisotopic (exact) mass is 171 g/mol. The fourth-order valence-electron chi connectivity index (χ4n) is 2.60. The average Bonchev–Trinajstić information content (AvgIpc) is 2.02. The molecule has 2 nitrogen and oxygen atoms in total. The van der Waals surface area contributed by atoms with Crippen LogP contribution in [0.4, 0.5) is 0 Å². The number of aliphatic hydroxyl groups is 1. The van der Waals surface area contributed by atoms with Crippen LogP contribution in [-0.4, -0.2) is 24.8 Å². The first-order chi connectivity index (χ1) is 5.61. The zero-order valence-electron chi connectivity index (χ0n) is 8.43. The van der Waals surface area contributed by atoms with E-state index in [2.05, 4.69) is 19.2 Å². The van der Waals surface area contributed by atoms with Crippen LogP contribution in [0.25, 0.3) is 0 Å². The standard InChI is InChI=1S/C10H21NO/c1-10(2)6-4-5-8(7-12)9(10)11-3/h8-9,11-12H,4-7H2,1-3H3. The van der Waals surface area contributed by atoms with Crippen molar-refractivity contribution in [3.8, 4) is 0 Å². The van der Waals surface area contributed by atoms with Crippen LogP contribution >= 0.6 is 0 Å². The van der Waals surface area contributed by atoms with Gasteiger partial charge in [-0.15, -0.1) is 0 Å². The van der Waals surface area contributed by atoms with Crippen LogP contribution in [0.1, 0.15) is 33.1 Å². The number of aliphatic hydroxyl groups excluding tert-OH is 1. The zero-order chi connectivity index (χ0) is 9.19. The summed E-state index contributed by atoms with van der Waals surface area (Å²) >= 11 is 0. The lowest BCUT2D eigenvalue weighted by Gasteiger charge is -2.43. The van der Waals surface area contributed by atoms with Crippen molar-refractivity contribution in [2.45, 2.75) is 39.2 Å². The maximum Gasteiger partial charge on any atom is 0.0474 e. The molecule has 0 saturated heterocycles. The third-order valence-corrected chi connectivity index (χ3v) is 3.25. The van der Waals surface area contributed by atoms with E-state index in [1.165, 1.54) is 19.3 Å². The quantitative estimate of drug-likeness (QED) is 0.658. The third kappa shape index (κ3) is 1.80. The summed E-state index contributed by atoms with van der Waals surface area (Å²) in [6.07, 6.45) is 3.71. The van der Waals surface area contributed by atoms with Gasteiger partial charge in [0.2, 0.25) is 0 Å². The number of rotatable bonds is 2. The number of nitrogens with one attached hydrogen (secondary N) is 1. The second kappa shape index (κ2) is 3.75. The van der Waals surface area contributed by atoms with Gasteiger partial charge in [0.05, 0.1) is 0 Å². The van der Waals surface area contributed by atoms with Gasteiger partial charge in [-0.25, -0.2) is 0 Å². The molecule has 72 valence electrons. The minimum absolute atomic E-state index is 0.328. The molecular formula is C10H21NO. The highest BCUT2D eigenvalue weighted by atomic mass is 16.3. The molecule has 1 saturated carbocycles. The molecule has 0 aromatic rings. The van der Waals surface area contributed by atoms with Crippen LogP contribution < -0.4 is 5.32 Å². The van der Waals surface area contributed by atoms with Gasteiger partial charge in [-0.3, -0.25) is 0 Å². The van der Waals surface area contributed by atoms with Gasteiger partial charge in [0.1, 0.15) is 0 Å². The Balaban J connectivity index is 2.66. The lowest BCUT2D eigenvalue weighted by molar-refractivity contribution is 0.0715. The van der Waals surface area contributed by atoms with E-state index in [1.54, 1.807) is 0 Å². The molecule has 1 aliphatic carbocycles. The molecule has 0 spiro atoms. The minimum atomic E-state index is 0.328. The molecule has 1 aliphatic rings. The van der Waals surface area contributed by atoms with Crippen LogP contribution in [0, 0.1) is 11.3 Å². The molecule has 0 radical (unpaired) electrons. The summed E-state index contributed by atoms with van der Waals surface area (Å²) in [6, 6.07) is 0.483. The summed E-state index contributed by atoms with van der Waals surface area (Å²) in [5.74, 6) is 0.457. The van der Waals surface area contributed by atoms with E-state index < -0.39 is 0 Å². The highest BCUT2D eigenvalue weighted by Gasteiger charge is 2.37. The SMILES string of the molecule is CNC1C(CO)CCCC1(C)C. The molecule has 2 unspecified atom stereocenters. The molecule has 12 heavy (non-hydrogen) atoms. The Morgan fingerprint density at radius 2 is 2.17 bits per heavy atom. The predicted octanol–water partition coefficient (Wildman–Crippen LogP) is 1.39. The molecule has 1 rings (SSSR count). The Morgan fingerprint density at radius 1 is 1.50 bits per heavy atom. The first kappa shape index (κ1) is 10.0. The van der Waals surface area contributed by atoms with E-state index in [4.69, 9.17) is 0 Å². The zero-order valence-corrected chi connectivity index (χ0v) is 8.43. The van der Waals surface area contributed by atoms with Gasteiger partial charge in [0.15, 0.2) is 0 Å². The highest BCUT2D eigenvalue weighted by Crippen LogP contribution is 2.38. The van der Waals surface area contributed by atoms with Crippen molar-refractivity contribution in [2.75, 3.05) is 13.7 Å². The molecule has 0 heterocycles. The lowest BCUT2D eigenvalue weighted by atomic mass is 9.68.